The second kappa shape index (κ2) is 3.25. The molecule has 1 aromatic carbocycles. The number of fused-ring (bicyclic) bond motifs is 1. The lowest BCUT2D eigenvalue weighted by Gasteiger charge is -2.15. The van der Waals surface area contributed by atoms with Crippen molar-refractivity contribution in [2.75, 3.05) is 6.61 Å². The molecule has 1 aliphatic heterocycles. The van der Waals surface area contributed by atoms with Crippen molar-refractivity contribution in [3.8, 4) is 5.75 Å². The molecule has 0 aromatic heterocycles. The van der Waals surface area contributed by atoms with E-state index in [1.54, 1.807) is 0 Å². The molecule has 0 unspecified atom stereocenters. The van der Waals surface area contributed by atoms with Crippen LogP contribution in [0.1, 0.15) is 19.4 Å². The van der Waals surface area contributed by atoms with Crippen LogP contribution in [-0.2, 0) is 5.41 Å². The molecule has 0 radical (unpaired) electrons. The highest BCUT2D eigenvalue weighted by atomic mass is 127. The van der Waals surface area contributed by atoms with E-state index >= 15 is 0 Å². The molecule has 13 heavy (non-hydrogen) atoms. The fourth-order valence-corrected chi connectivity index (χ4v) is 3.54. The molecule has 0 atom stereocenters. The fourth-order valence-electron chi connectivity index (χ4n) is 1.54. The van der Waals surface area contributed by atoms with E-state index in [-0.39, 0.29) is 5.41 Å². The highest BCUT2D eigenvalue weighted by Gasteiger charge is 2.33. The first-order valence-electron chi connectivity index (χ1n) is 4.13. The molecule has 3 heteroatoms. The van der Waals surface area contributed by atoms with Crippen molar-refractivity contribution < 1.29 is 4.74 Å². The summed E-state index contributed by atoms with van der Waals surface area (Å²) in [7, 11) is 0. The van der Waals surface area contributed by atoms with Gasteiger partial charge in [0.1, 0.15) is 5.75 Å². The van der Waals surface area contributed by atoms with Crippen LogP contribution in [0.2, 0.25) is 0 Å². The average molecular weight is 400 g/mol. The van der Waals surface area contributed by atoms with E-state index in [9.17, 15) is 0 Å². The summed E-state index contributed by atoms with van der Waals surface area (Å²) in [6.45, 7) is 5.26. The van der Waals surface area contributed by atoms with E-state index < -0.39 is 0 Å². The zero-order chi connectivity index (χ0) is 9.64. The lowest BCUT2D eigenvalue weighted by atomic mass is 9.87. The molecule has 1 nitrogen and oxygen atoms in total. The molecule has 1 heterocycles. The minimum Gasteiger partial charge on any atom is -0.491 e. The summed E-state index contributed by atoms with van der Waals surface area (Å²) in [5.74, 6) is 1.09. The van der Waals surface area contributed by atoms with Crippen LogP contribution in [0.5, 0.6) is 5.75 Å². The van der Waals surface area contributed by atoms with Gasteiger partial charge in [0, 0.05) is 14.5 Å². The van der Waals surface area contributed by atoms with Crippen molar-refractivity contribution in [3.05, 3.63) is 24.8 Å². The molecule has 0 fully saturated rings. The van der Waals surface area contributed by atoms with Gasteiger partial charge in [-0.15, -0.1) is 0 Å². The lowest BCUT2D eigenvalue weighted by Crippen LogP contribution is -2.18. The largest absolute Gasteiger partial charge is 0.491 e. The van der Waals surface area contributed by atoms with E-state index in [0.29, 0.717) is 0 Å². The van der Waals surface area contributed by atoms with Crippen molar-refractivity contribution in [3.63, 3.8) is 0 Å². The van der Waals surface area contributed by atoms with Gasteiger partial charge in [-0.3, -0.25) is 0 Å². The molecule has 0 amide bonds. The van der Waals surface area contributed by atoms with Crippen LogP contribution in [0.3, 0.4) is 0 Å². The van der Waals surface area contributed by atoms with Crippen LogP contribution in [0, 0.1) is 7.14 Å². The van der Waals surface area contributed by atoms with Gasteiger partial charge >= 0.3 is 0 Å². The van der Waals surface area contributed by atoms with Crippen LogP contribution in [0.15, 0.2) is 12.1 Å². The Morgan fingerprint density at radius 1 is 1.31 bits per heavy atom. The molecule has 0 spiro atoms. The molecule has 1 aromatic rings. The molecular formula is C10H10I2O. The van der Waals surface area contributed by atoms with Gasteiger partial charge in [-0.2, -0.15) is 0 Å². The molecule has 0 N–H and O–H groups in total. The minimum absolute atomic E-state index is 0.177. The molecule has 1 aliphatic rings. The molecular weight excluding hydrogens is 390 g/mol. The number of rotatable bonds is 0. The van der Waals surface area contributed by atoms with Gasteiger partial charge in [0.2, 0.25) is 0 Å². The highest BCUT2D eigenvalue weighted by Crippen LogP contribution is 2.41. The van der Waals surface area contributed by atoms with Gasteiger partial charge in [0.05, 0.1) is 10.2 Å². The Kier molecular flexibility index (Phi) is 2.51. The topological polar surface area (TPSA) is 9.23 Å². The average Bonchev–Trinajstić information content (AvgIpc) is 2.28. The summed E-state index contributed by atoms with van der Waals surface area (Å²) >= 11 is 4.69. The minimum atomic E-state index is 0.177. The summed E-state index contributed by atoms with van der Waals surface area (Å²) in [5.41, 5.74) is 1.53. The molecule has 0 saturated carbocycles. The van der Waals surface area contributed by atoms with E-state index in [2.05, 4.69) is 71.2 Å². The summed E-state index contributed by atoms with van der Waals surface area (Å²) in [5, 5.41) is 0. The van der Waals surface area contributed by atoms with E-state index in [4.69, 9.17) is 4.74 Å². The lowest BCUT2D eigenvalue weighted by molar-refractivity contribution is 0.290. The Labute approximate surface area is 106 Å². The Hall–Kier alpha value is 0.480. The van der Waals surface area contributed by atoms with Crippen LogP contribution in [0.4, 0.5) is 0 Å². The maximum atomic E-state index is 5.69. The maximum Gasteiger partial charge on any atom is 0.136 e. The van der Waals surface area contributed by atoms with Crippen LogP contribution >= 0.6 is 45.2 Å². The first-order valence-corrected chi connectivity index (χ1v) is 6.29. The molecule has 0 saturated heterocycles. The van der Waals surface area contributed by atoms with Gasteiger partial charge in [-0.1, -0.05) is 13.8 Å². The zero-order valence-corrected chi connectivity index (χ0v) is 11.8. The molecule has 2 rings (SSSR count). The molecule has 0 aliphatic carbocycles. The maximum absolute atomic E-state index is 5.69. The van der Waals surface area contributed by atoms with E-state index in [0.717, 1.165) is 12.4 Å². The first kappa shape index (κ1) is 10.0. The third-order valence-electron chi connectivity index (χ3n) is 2.31. The smallest absolute Gasteiger partial charge is 0.136 e. The fraction of sp³-hybridized carbons (Fsp3) is 0.400. The Balaban J connectivity index is 2.65. The predicted molar refractivity (Wildman–Crippen MR) is 70.4 cm³/mol. The highest BCUT2D eigenvalue weighted by molar-refractivity contribution is 14.1. The Morgan fingerprint density at radius 3 is 2.69 bits per heavy atom. The standard InChI is InChI=1S/C10H10I2O/c1-10(2)5-13-9-7(10)3-6(11)4-8(9)12/h3-4H,5H2,1-2H3. The van der Waals surface area contributed by atoms with Gasteiger partial charge in [0.25, 0.3) is 0 Å². The second-order valence-corrected chi connectivity index (χ2v) is 6.34. The SMILES string of the molecule is CC1(C)COc2c(I)cc(I)cc21. The van der Waals surface area contributed by atoms with Crippen LogP contribution in [0.25, 0.3) is 0 Å². The van der Waals surface area contributed by atoms with Crippen molar-refractivity contribution in [2.45, 2.75) is 19.3 Å². The number of hydrogen-bond donors (Lipinski definition) is 0. The van der Waals surface area contributed by atoms with Gasteiger partial charge in [-0.25, -0.2) is 0 Å². The second-order valence-electron chi connectivity index (χ2n) is 3.94. The van der Waals surface area contributed by atoms with E-state index in [1.165, 1.54) is 12.7 Å². The number of benzene rings is 1. The molecule has 0 bridgehead atoms. The van der Waals surface area contributed by atoms with Crippen LogP contribution < -0.4 is 4.74 Å². The number of ether oxygens (including phenoxy) is 1. The van der Waals surface area contributed by atoms with E-state index in [1.807, 2.05) is 0 Å². The first-order chi connectivity index (χ1) is 6.00. The summed E-state index contributed by atoms with van der Waals surface area (Å²) in [4.78, 5) is 0. The Bertz CT molecular complexity index is 358. The van der Waals surface area contributed by atoms with Crippen molar-refractivity contribution in [2.24, 2.45) is 0 Å². The summed E-state index contributed by atoms with van der Waals surface area (Å²) in [6.07, 6.45) is 0. The monoisotopic (exact) mass is 400 g/mol. The third-order valence-corrected chi connectivity index (χ3v) is 3.74. The van der Waals surface area contributed by atoms with Gasteiger partial charge in [0.15, 0.2) is 0 Å². The molecule has 70 valence electrons. The quantitative estimate of drug-likeness (QED) is 0.606. The van der Waals surface area contributed by atoms with Crippen molar-refractivity contribution in [1.82, 2.24) is 0 Å². The predicted octanol–water partition coefficient (Wildman–Crippen LogP) is 3.57. The van der Waals surface area contributed by atoms with Crippen molar-refractivity contribution in [1.29, 1.82) is 0 Å². The van der Waals surface area contributed by atoms with Gasteiger partial charge in [-0.05, 0) is 57.3 Å². The number of hydrogen-bond acceptors (Lipinski definition) is 1. The zero-order valence-electron chi connectivity index (χ0n) is 7.53. The summed E-state index contributed by atoms with van der Waals surface area (Å²) in [6, 6.07) is 4.38. The summed E-state index contributed by atoms with van der Waals surface area (Å²) < 4.78 is 8.21. The van der Waals surface area contributed by atoms with Crippen LogP contribution in [-0.4, -0.2) is 6.61 Å². The Morgan fingerprint density at radius 2 is 2.00 bits per heavy atom. The number of halogens is 2. The third kappa shape index (κ3) is 1.69. The normalized spacial score (nSPS) is 18.2. The van der Waals surface area contributed by atoms with Crippen molar-refractivity contribution >= 4 is 45.2 Å². The van der Waals surface area contributed by atoms with Gasteiger partial charge < -0.3 is 4.74 Å².